The van der Waals surface area contributed by atoms with Gasteiger partial charge in [-0.25, -0.2) is 0 Å². The van der Waals surface area contributed by atoms with Gasteiger partial charge in [0.25, 0.3) is 0 Å². The van der Waals surface area contributed by atoms with Crippen molar-refractivity contribution in [2.45, 2.75) is 4.83 Å². The van der Waals surface area contributed by atoms with Crippen molar-refractivity contribution < 1.29 is 0 Å². The third-order valence-electron chi connectivity index (χ3n) is 1.69. The number of halogens is 1. The van der Waals surface area contributed by atoms with Gasteiger partial charge < -0.3 is 4.90 Å². The van der Waals surface area contributed by atoms with Gasteiger partial charge in [-0.2, -0.15) is 0 Å². The fourth-order valence-electron chi connectivity index (χ4n) is 1.10. The molecule has 0 saturated heterocycles. The number of hydrogen-bond donors (Lipinski definition) is 0. The zero-order chi connectivity index (χ0) is 8.39. The first-order valence-corrected chi connectivity index (χ1v) is 5.05. The quantitative estimate of drug-likeness (QED) is 0.503. The lowest BCUT2D eigenvalue weighted by molar-refractivity contribution is 1.13. The molecule has 1 aromatic carbocycles. The van der Waals surface area contributed by atoms with Crippen LogP contribution >= 0.6 is 23.4 Å². The second-order valence-electron chi connectivity index (χ2n) is 2.46. The minimum atomic E-state index is 0.00685. The molecule has 2 rings (SSSR count). The van der Waals surface area contributed by atoms with Crippen LogP contribution in [0.4, 0.5) is 5.69 Å². The molecule has 1 aliphatic rings. The van der Waals surface area contributed by atoms with Crippen molar-refractivity contribution in [2.75, 3.05) is 4.90 Å². The van der Waals surface area contributed by atoms with Crippen molar-refractivity contribution in [3.05, 3.63) is 41.9 Å². The average Bonchev–Trinajstić information content (AvgIpc) is 2.53. The molecule has 1 nitrogen and oxygen atoms in total. The lowest BCUT2D eigenvalue weighted by Crippen LogP contribution is -2.17. The molecule has 62 valence electrons. The summed E-state index contributed by atoms with van der Waals surface area (Å²) in [5, 5.41) is 2.00. The van der Waals surface area contributed by atoms with E-state index in [2.05, 4.69) is 0 Å². The van der Waals surface area contributed by atoms with Crippen molar-refractivity contribution in [1.29, 1.82) is 0 Å². The van der Waals surface area contributed by atoms with E-state index in [0.29, 0.717) is 0 Å². The van der Waals surface area contributed by atoms with E-state index in [1.54, 1.807) is 11.8 Å². The molecule has 0 amide bonds. The number of benzene rings is 1. The summed E-state index contributed by atoms with van der Waals surface area (Å²) in [4.78, 5) is 2.04. The smallest absolute Gasteiger partial charge is 0.158 e. The lowest BCUT2D eigenvalue weighted by atomic mass is 10.3. The Hall–Kier alpha value is -0.600. The fraction of sp³-hybridized carbons (Fsp3) is 0.111. The first-order valence-electron chi connectivity index (χ1n) is 3.67. The van der Waals surface area contributed by atoms with Crippen LogP contribution in [0.3, 0.4) is 0 Å². The largest absolute Gasteiger partial charge is 0.322 e. The Balaban J connectivity index is 2.25. The fourth-order valence-corrected chi connectivity index (χ4v) is 2.11. The van der Waals surface area contributed by atoms with Crippen LogP contribution in [0.25, 0.3) is 0 Å². The predicted molar refractivity (Wildman–Crippen MR) is 55.3 cm³/mol. The molecule has 1 unspecified atom stereocenters. The molecule has 0 spiro atoms. The molecular formula is C9H8ClNS. The predicted octanol–water partition coefficient (Wildman–Crippen LogP) is 3.23. The van der Waals surface area contributed by atoms with Gasteiger partial charge in [0.2, 0.25) is 0 Å². The second kappa shape index (κ2) is 3.42. The van der Waals surface area contributed by atoms with Crippen molar-refractivity contribution in [3.63, 3.8) is 0 Å². The van der Waals surface area contributed by atoms with Crippen LogP contribution in [0.2, 0.25) is 0 Å². The van der Waals surface area contributed by atoms with Crippen LogP contribution < -0.4 is 4.90 Å². The van der Waals surface area contributed by atoms with Gasteiger partial charge in [0, 0.05) is 11.9 Å². The van der Waals surface area contributed by atoms with Crippen LogP contribution in [-0.2, 0) is 0 Å². The van der Waals surface area contributed by atoms with E-state index in [1.807, 2.05) is 46.8 Å². The van der Waals surface area contributed by atoms with Gasteiger partial charge in [-0.05, 0) is 17.5 Å². The number of para-hydroxylation sites is 1. The van der Waals surface area contributed by atoms with Crippen molar-refractivity contribution in [1.82, 2.24) is 0 Å². The SMILES string of the molecule is ClC1SC=CN1c1ccccc1. The minimum Gasteiger partial charge on any atom is -0.322 e. The number of anilines is 1. The minimum absolute atomic E-state index is 0.00685. The molecule has 0 fully saturated rings. The van der Waals surface area contributed by atoms with Crippen molar-refractivity contribution >= 4 is 29.1 Å². The van der Waals surface area contributed by atoms with Crippen molar-refractivity contribution in [3.8, 4) is 0 Å². The molecule has 0 N–H and O–H groups in total. The highest BCUT2D eigenvalue weighted by atomic mass is 35.5. The second-order valence-corrected chi connectivity index (χ2v) is 4.12. The zero-order valence-corrected chi connectivity index (χ0v) is 7.92. The molecule has 1 atom stereocenters. The Labute approximate surface area is 81.0 Å². The Morgan fingerprint density at radius 1 is 1.25 bits per heavy atom. The standard InChI is InChI=1S/C9H8ClNS/c10-9-11(6-7-12-9)8-4-2-1-3-5-8/h1-7,9H. The number of hydrogen-bond acceptors (Lipinski definition) is 2. The molecule has 12 heavy (non-hydrogen) atoms. The van der Waals surface area contributed by atoms with E-state index in [-0.39, 0.29) is 4.83 Å². The van der Waals surface area contributed by atoms with Gasteiger partial charge in [-0.1, -0.05) is 41.6 Å². The van der Waals surface area contributed by atoms with Gasteiger partial charge in [0.1, 0.15) is 0 Å². The molecule has 0 aliphatic carbocycles. The molecule has 0 bridgehead atoms. The summed E-state index contributed by atoms with van der Waals surface area (Å²) in [5.41, 5.74) is 1.14. The van der Waals surface area contributed by atoms with Crippen LogP contribution in [0.15, 0.2) is 41.9 Å². The van der Waals surface area contributed by atoms with Gasteiger partial charge >= 0.3 is 0 Å². The van der Waals surface area contributed by atoms with Crippen LogP contribution in [0, 0.1) is 0 Å². The average molecular weight is 198 g/mol. The van der Waals surface area contributed by atoms with E-state index in [1.165, 1.54) is 0 Å². The topological polar surface area (TPSA) is 3.24 Å². The number of nitrogens with zero attached hydrogens (tertiary/aromatic N) is 1. The Morgan fingerprint density at radius 3 is 2.58 bits per heavy atom. The third-order valence-corrected chi connectivity index (χ3v) is 2.93. The molecule has 0 saturated carbocycles. The third kappa shape index (κ3) is 1.45. The normalized spacial score (nSPS) is 21.8. The summed E-state index contributed by atoms with van der Waals surface area (Å²) >= 11 is 7.65. The molecule has 1 heterocycles. The number of rotatable bonds is 1. The van der Waals surface area contributed by atoms with Gasteiger partial charge in [-0.3, -0.25) is 0 Å². The first kappa shape index (κ1) is 8.02. The number of thioether (sulfide) groups is 1. The van der Waals surface area contributed by atoms with Crippen LogP contribution in [0.1, 0.15) is 0 Å². The van der Waals surface area contributed by atoms with E-state index in [9.17, 15) is 0 Å². The summed E-state index contributed by atoms with van der Waals surface area (Å²) in [6.07, 6.45) is 2.00. The highest BCUT2D eigenvalue weighted by Gasteiger charge is 2.17. The summed E-state index contributed by atoms with van der Waals surface area (Å²) in [6.45, 7) is 0. The van der Waals surface area contributed by atoms with Gasteiger partial charge in [-0.15, -0.1) is 0 Å². The Bertz CT molecular complexity index is 286. The maximum Gasteiger partial charge on any atom is 0.158 e. The Kier molecular flexibility index (Phi) is 2.28. The van der Waals surface area contributed by atoms with Gasteiger partial charge in [0.15, 0.2) is 4.83 Å². The molecule has 1 aromatic rings. The zero-order valence-electron chi connectivity index (χ0n) is 6.35. The van der Waals surface area contributed by atoms with Gasteiger partial charge in [0.05, 0.1) is 0 Å². The maximum atomic E-state index is 6.04. The summed E-state index contributed by atoms with van der Waals surface area (Å²) in [7, 11) is 0. The van der Waals surface area contributed by atoms with E-state index in [4.69, 9.17) is 11.6 Å². The highest BCUT2D eigenvalue weighted by Crippen LogP contribution is 2.32. The Morgan fingerprint density at radius 2 is 2.00 bits per heavy atom. The molecule has 0 aromatic heterocycles. The monoisotopic (exact) mass is 197 g/mol. The van der Waals surface area contributed by atoms with E-state index in [0.717, 1.165) is 5.69 Å². The number of alkyl halides is 1. The first-order chi connectivity index (χ1) is 5.88. The van der Waals surface area contributed by atoms with E-state index < -0.39 is 0 Å². The molecular weight excluding hydrogens is 190 g/mol. The lowest BCUT2D eigenvalue weighted by Gasteiger charge is -2.19. The van der Waals surface area contributed by atoms with Crippen LogP contribution in [-0.4, -0.2) is 4.83 Å². The van der Waals surface area contributed by atoms with E-state index >= 15 is 0 Å². The van der Waals surface area contributed by atoms with Crippen molar-refractivity contribution in [2.24, 2.45) is 0 Å². The maximum absolute atomic E-state index is 6.04. The van der Waals surface area contributed by atoms with Crippen LogP contribution in [0.5, 0.6) is 0 Å². The molecule has 0 radical (unpaired) electrons. The molecule has 3 heteroatoms. The highest BCUT2D eigenvalue weighted by molar-refractivity contribution is 8.04. The summed E-state index contributed by atoms with van der Waals surface area (Å²) in [6, 6.07) is 10.1. The molecule has 1 aliphatic heterocycles. The summed E-state index contributed by atoms with van der Waals surface area (Å²) in [5.74, 6) is 0. The summed E-state index contributed by atoms with van der Waals surface area (Å²) < 4.78 is 0.